The molecular weight excluding hydrogens is 193 g/mol. The molecule has 15 heavy (non-hydrogen) atoms. The summed E-state index contributed by atoms with van der Waals surface area (Å²) in [6.07, 6.45) is 3.68. The number of nitrogens with two attached hydrogens (primary N) is 1. The molecule has 0 atom stereocenters. The molecule has 82 valence electrons. The monoisotopic (exact) mass is 209 g/mol. The summed E-state index contributed by atoms with van der Waals surface area (Å²) in [6, 6.07) is 2.99. The van der Waals surface area contributed by atoms with Crippen LogP contribution in [-0.2, 0) is 0 Å². The number of ether oxygens (including phenoxy) is 1. The summed E-state index contributed by atoms with van der Waals surface area (Å²) < 4.78 is 18.8. The summed E-state index contributed by atoms with van der Waals surface area (Å²) in [7, 11) is 0. The molecule has 0 radical (unpaired) electrons. The quantitative estimate of drug-likeness (QED) is 0.777. The third kappa shape index (κ3) is 2.22. The Bertz CT molecular complexity index is 361. The van der Waals surface area contributed by atoms with E-state index in [0.29, 0.717) is 24.0 Å². The van der Waals surface area contributed by atoms with Crippen LogP contribution in [0.3, 0.4) is 0 Å². The van der Waals surface area contributed by atoms with Crippen molar-refractivity contribution in [1.29, 1.82) is 0 Å². The van der Waals surface area contributed by atoms with Crippen molar-refractivity contribution in [3.05, 3.63) is 23.5 Å². The van der Waals surface area contributed by atoms with Crippen molar-refractivity contribution >= 4 is 5.69 Å². The van der Waals surface area contributed by atoms with E-state index in [2.05, 4.69) is 0 Å². The highest BCUT2D eigenvalue weighted by molar-refractivity contribution is 5.50. The number of aryl methyl sites for hydroxylation is 1. The van der Waals surface area contributed by atoms with Gasteiger partial charge in [-0.15, -0.1) is 0 Å². The Morgan fingerprint density at radius 1 is 1.47 bits per heavy atom. The van der Waals surface area contributed by atoms with Gasteiger partial charge < -0.3 is 10.5 Å². The topological polar surface area (TPSA) is 35.2 Å². The molecule has 1 aliphatic rings. The maximum absolute atomic E-state index is 13.4. The van der Waals surface area contributed by atoms with Gasteiger partial charge in [0.2, 0.25) is 0 Å². The minimum Gasteiger partial charge on any atom is -0.490 e. The number of hydrogen-bond donors (Lipinski definition) is 1. The van der Waals surface area contributed by atoms with Crippen LogP contribution in [0.1, 0.15) is 24.8 Å². The largest absolute Gasteiger partial charge is 0.490 e. The maximum atomic E-state index is 13.4. The lowest BCUT2D eigenvalue weighted by molar-refractivity contribution is 0.175. The summed E-state index contributed by atoms with van der Waals surface area (Å²) in [6.45, 7) is 2.48. The van der Waals surface area contributed by atoms with E-state index >= 15 is 0 Å². The van der Waals surface area contributed by atoms with Gasteiger partial charge in [0.15, 0.2) is 11.6 Å². The zero-order valence-corrected chi connectivity index (χ0v) is 8.92. The van der Waals surface area contributed by atoms with Gasteiger partial charge in [-0.25, -0.2) is 4.39 Å². The molecular formula is C12H16FNO. The highest BCUT2D eigenvalue weighted by atomic mass is 19.1. The van der Waals surface area contributed by atoms with Crippen LogP contribution >= 0.6 is 0 Å². The second kappa shape index (κ2) is 4.09. The molecule has 0 amide bonds. The standard InChI is InChI=1S/C12H16FNO/c1-8-5-12(10(13)6-11(8)14)15-7-9-3-2-4-9/h5-6,9H,2-4,7,14H2,1H3. The van der Waals surface area contributed by atoms with Crippen molar-refractivity contribution in [3.8, 4) is 5.75 Å². The number of hydrogen-bond acceptors (Lipinski definition) is 2. The number of halogens is 1. The van der Waals surface area contributed by atoms with Crippen LogP contribution in [0.2, 0.25) is 0 Å². The third-order valence-corrected chi connectivity index (χ3v) is 3.02. The van der Waals surface area contributed by atoms with Gasteiger partial charge in [0, 0.05) is 11.8 Å². The van der Waals surface area contributed by atoms with Crippen molar-refractivity contribution in [2.24, 2.45) is 5.92 Å². The molecule has 0 aromatic heterocycles. The lowest BCUT2D eigenvalue weighted by Crippen LogP contribution is -2.19. The predicted molar refractivity (Wildman–Crippen MR) is 58.4 cm³/mol. The van der Waals surface area contributed by atoms with E-state index in [-0.39, 0.29) is 5.82 Å². The van der Waals surface area contributed by atoms with Gasteiger partial charge in [0.25, 0.3) is 0 Å². The lowest BCUT2D eigenvalue weighted by atomic mass is 9.86. The molecule has 0 heterocycles. The van der Waals surface area contributed by atoms with E-state index in [1.165, 1.54) is 25.3 Å². The van der Waals surface area contributed by atoms with Gasteiger partial charge in [-0.2, -0.15) is 0 Å². The fourth-order valence-electron chi connectivity index (χ4n) is 1.65. The molecule has 0 spiro atoms. The first-order valence-electron chi connectivity index (χ1n) is 5.35. The van der Waals surface area contributed by atoms with Gasteiger partial charge in [-0.3, -0.25) is 0 Å². The summed E-state index contributed by atoms with van der Waals surface area (Å²) in [4.78, 5) is 0. The Morgan fingerprint density at radius 2 is 2.20 bits per heavy atom. The van der Waals surface area contributed by atoms with Gasteiger partial charge >= 0.3 is 0 Å². The van der Waals surface area contributed by atoms with E-state index in [4.69, 9.17) is 10.5 Å². The first-order chi connectivity index (χ1) is 7.16. The zero-order chi connectivity index (χ0) is 10.8. The summed E-state index contributed by atoms with van der Waals surface area (Å²) >= 11 is 0. The minimum atomic E-state index is -0.363. The number of nitrogen functional groups attached to an aromatic ring is 1. The van der Waals surface area contributed by atoms with Crippen molar-refractivity contribution in [3.63, 3.8) is 0 Å². The van der Waals surface area contributed by atoms with Gasteiger partial charge in [0.05, 0.1) is 6.61 Å². The van der Waals surface area contributed by atoms with Crippen LogP contribution in [0.25, 0.3) is 0 Å². The summed E-state index contributed by atoms with van der Waals surface area (Å²) in [5, 5.41) is 0. The Morgan fingerprint density at radius 3 is 2.80 bits per heavy atom. The molecule has 1 aromatic carbocycles. The number of rotatable bonds is 3. The SMILES string of the molecule is Cc1cc(OCC2CCC2)c(F)cc1N. The van der Waals surface area contributed by atoms with E-state index in [1.54, 1.807) is 6.07 Å². The first-order valence-corrected chi connectivity index (χ1v) is 5.35. The molecule has 2 nitrogen and oxygen atoms in total. The Labute approximate surface area is 89.2 Å². The number of anilines is 1. The minimum absolute atomic E-state index is 0.327. The molecule has 1 aliphatic carbocycles. The van der Waals surface area contributed by atoms with E-state index < -0.39 is 0 Å². The first kappa shape index (κ1) is 10.3. The second-order valence-corrected chi connectivity index (χ2v) is 4.25. The maximum Gasteiger partial charge on any atom is 0.167 e. The van der Waals surface area contributed by atoms with Gasteiger partial charge in [0.1, 0.15) is 0 Å². The highest BCUT2D eigenvalue weighted by Gasteiger charge is 2.18. The lowest BCUT2D eigenvalue weighted by Gasteiger charge is -2.25. The molecule has 1 aromatic rings. The molecule has 3 heteroatoms. The molecule has 1 fully saturated rings. The number of benzene rings is 1. The van der Waals surface area contributed by atoms with E-state index in [9.17, 15) is 4.39 Å². The molecule has 0 saturated heterocycles. The Kier molecular flexibility index (Phi) is 2.80. The fraction of sp³-hybridized carbons (Fsp3) is 0.500. The van der Waals surface area contributed by atoms with E-state index in [1.807, 2.05) is 6.92 Å². The second-order valence-electron chi connectivity index (χ2n) is 4.25. The average molecular weight is 209 g/mol. The van der Waals surface area contributed by atoms with Crippen molar-refractivity contribution in [1.82, 2.24) is 0 Å². The van der Waals surface area contributed by atoms with Gasteiger partial charge in [-0.1, -0.05) is 6.42 Å². The molecule has 0 bridgehead atoms. The Balaban J connectivity index is 2.03. The molecule has 1 saturated carbocycles. The zero-order valence-electron chi connectivity index (χ0n) is 8.92. The van der Waals surface area contributed by atoms with Crippen molar-refractivity contribution in [2.45, 2.75) is 26.2 Å². The van der Waals surface area contributed by atoms with Crippen LogP contribution in [-0.4, -0.2) is 6.61 Å². The molecule has 0 aliphatic heterocycles. The van der Waals surface area contributed by atoms with Crippen LogP contribution in [0.4, 0.5) is 10.1 Å². The molecule has 2 N–H and O–H groups in total. The fourth-order valence-corrected chi connectivity index (χ4v) is 1.65. The van der Waals surface area contributed by atoms with Crippen LogP contribution in [0.5, 0.6) is 5.75 Å². The molecule has 2 rings (SSSR count). The van der Waals surface area contributed by atoms with Crippen molar-refractivity contribution in [2.75, 3.05) is 12.3 Å². The van der Waals surface area contributed by atoms with Crippen LogP contribution in [0.15, 0.2) is 12.1 Å². The average Bonchev–Trinajstić information content (AvgIpc) is 2.11. The summed E-state index contributed by atoms with van der Waals surface area (Å²) in [5.74, 6) is 0.577. The normalized spacial score (nSPS) is 16.1. The smallest absolute Gasteiger partial charge is 0.167 e. The predicted octanol–water partition coefficient (Wildman–Crippen LogP) is 2.90. The van der Waals surface area contributed by atoms with Crippen LogP contribution in [0, 0.1) is 18.7 Å². The Hall–Kier alpha value is -1.25. The highest BCUT2D eigenvalue weighted by Crippen LogP contribution is 2.29. The third-order valence-electron chi connectivity index (χ3n) is 3.02. The van der Waals surface area contributed by atoms with Crippen molar-refractivity contribution < 1.29 is 9.13 Å². The van der Waals surface area contributed by atoms with Crippen LogP contribution < -0.4 is 10.5 Å². The molecule has 0 unspecified atom stereocenters. The summed E-state index contributed by atoms with van der Waals surface area (Å²) in [5.41, 5.74) is 6.92. The van der Waals surface area contributed by atoms with E-state index in [0.717, 1.165) is 5.56 Å². The van der Waals surface area contributed by atoms with Gasteiger partial charge in [-0.05, 0) is 37.3 Å².